The van der Waals surface area contributed by atoms with Crippen molar-refractivity contribution >= 4 is 23.2 Å². The summed E-state index contributed by atoms with van der Waals surface area (Å²) in [4.78, 5) is 11.5. The van der Waals surface area contributed by atoms with Crippen LogP contribution in [-0.4, -0.2) is 26.2 Å². The van der Waals surface area contributed by atoms with Crippen molar-refractivity contribution in [2.24, 2.45) is 0 Å². The van der Waals surface area contributed by atoms with Crippen molar-refractivity contribution in [1.82, 2.24) is 0 Å². The molecule has 4 nitrogen and oxygen atoms in total. The van der Waals surface area contributed by atoms with Crippen LogP contribution in [0.2, 0.25) is 5.02 Å². The van der Waals surface area contributed by atoms with E-state index >= 15 is 0 Å². The summed E-state index contributed by atoms with van der Waals surface area (Å²) < 4.78 is 9.93. The zero-order valence-electron chi connectivity index (χ0n) is 9.41. The zero-order chi connectivity index (χ0) is 12.1. The second-order valence-corrected chi connectivity index (χ2v) is 3.62. The minimum Gasteiger partial charge on any atom is -0.495 e. The van der Waals surface area contributed by atoms with Gasteiger partial charge in [0.15, 0.2) is 0 Å². The molecule has 0 saturated carbocycles. The maximum absolute atomic E-state index is 11.5. The van der Waals surface area contributed by atoms with Gasteiger partial charge in [0.2, 0.25) is 0 Å². The van der Waals surface area contributed by atoms with E-state index in [2.05, 4.69) is 5.32 Å². The molecule has 0 fully saturated rings. The number of halogens is 1. The van der Waals surface area contributed by atoms with Gasteiger partial charge in [0.25, 0.3) is 5.91 Å². The van der Waals surface area contributed by atoms with E-state index in [-0.39, 0.29) is 5.91 Å². The Kier molecular flexibility index (Phi) is 4.58. The fraction of sp³-hybridized carbons (Fsp3) is 0.364. The van der Waals surface area contributed by atoms with Crippen molar-refractivity contribution < 1.29 is 14.3 Å². The summed E-state index contributed by atoms with van der Waals surface area (Å²) in [6.45, 7) is 1.67. The molecule has 0 aliphatic carbocycles. The van der Waals surface area contributed by atoms with Gasteiger partial charge in [-0.05, 0) is 19.1 Å². The molecule has 1 N–H and O–H groups in total. The third-order valence-electron chi connectivity index (χ3n) is 2.14. The van der Waals surface area contributed by atoms with Gasteiger partial charge in [-0.3, -0.25) is 4.79 Å². The average molecular weight is 244 g/mol. The van der Waals surface area contributed by atoms with Crippen LogP contribution < -0.4 is 10.1 Å². The van der Waals surface area contributed by atoms with E-state index in [4.69, 9.17) is 21.1 Å². The number of rotatable bonds is 4. The molecular formula is C11H14ClNO3. The van der Waals surface area contributed by atoms with Crippen molar-refractivity contribution in [1.29, 1.82) is 0 Å². The molecule has 0 saturated heterocycles. The number of hydrogen-bond acceptors (Lipinski definition) is 3. The van der Waals surface area contributed by atoms with Crippen LogP contribution in [0.4, 0.5) is 5.69 Å². The molecule has 0 bridgehead atoms. The Morgan fingerprint density at radius 3 is 2.69 bits per heavy atom. The summed E-state index contributed by atoms with van der Waals surface area (Å²) in [5.74, 6) is 0.302. The van der Waals surface area contributed by atoms with Gasteiger partial charge >= 0.3 is 0 Å². The Hall–Kier alpha value is -1.26. The first-order chi connectivity index (χ1) is 7.58. The van der Waals surface area contributed by atoms with E-state index in [0.29, 0.717) is 16.5 Å². The lowest BCUT2D eigenvalue weighted by Gasteiger charge is -2.11. The van der Waals surface area contributed by atoms with Gasteiger partial charge in [-0.2, -0.15) is 0 Å². The first-order valence-corrected chi connectivity index (χ1v) is 5.13. The van der Waals surface area contributed by atoms with Crippen LogP contribution in [0.15, 0.2) is 18.2 Å². The number of benzene rings is 1. The van der Waals surface area contributed by atoms with Gasteiger partial charge < -0.3 is 14.8 Å². The minimum atomic E-state index is -0.498. The molecule has 1 aromatic carbocycles. The number of hydrogen-bond donors (Lipinski definition) is 1. The Bertz CT molecular complexity index is 381. The van der Waals surface area contributed by atoms with E-state index in [0.717, 1.165) is 0 Å². The highest BCUT2D eigenvalue weighted by Gasteiger charge is 2.12. The Morgan fingerprint density at radius 1 is 1.44 bits per heavy atom. The largest absolute Gasteiger partial charge is 0.495 e. The van der Waals surface area contributed by atoms with Crippen LogP contribution in [-0.2, 0) is 9.53 Å². The molecule has 16 heavy (non-hydrogen) atoms. The Labute approximate surface area is 99.5 Å². The lowest BCUT2D eigenvalue weighted by atomic mass is 10.3. The highest BCUT2D eigenvalue weighted by molar-refractivity contribution is 6.32. The molecule has 0 aromatic heterocycles. The molecular weight excluding hydrogens is 230 g/mol. The number of carbonyl (C=O) groups is 1. The standard InChI is InChI=1S/C11H14ClNO3/c1-7(15-2)11(14)13-8-4-5-9(12)10(6-8)16-3/h4-7H,1-3H3,(H,13,14). The maximum atomic E-state index is 11.5. The molecule has 5 heteroatoms. The molecule has 88 valence electrons. The lowest BCUT2D eigenvalue weighted by molar-refractivity contribution is -0.124. The summed E-state index contributed by atoms with van der Waals surface area (Å²) in [5, 5.41) is 3.19. The second kappa shape index (κ2) is 5.72. The minimum absolute atomic E-state index is 0.216. The summed E-state index contributed by atoms with van der Waals surface area (Å²) in [5.41, 5.74) is 0.621. The smallest absolute Gasteiger partial charge is 0.253 e. The summed E-state index contributed by atoms with van der Waals surface area (Å²) in [6.07, 6.45) is -0.498. The van der Waals surface area contributed by atoms with E-state index in [1.165, 1.54) is 14.2 Å². The third-order valence-corrected chi connectivity index (χ3v) is 2.45. The van der Waals surface area contributed by atoms with Crippen molar-refractivity contribution in [3.8, 4) is 5.75 Å². The molecule has 1 amide bonds. The highest BCUT2D eigenvalue weighted by atomic mass is 35.5. The number of carbonyl (C=O) groups excluding carboxylic acids is 1. The molecule has 0 aliphatic rings. The van der Waals surface area contributed by atoms with Crippen LogP contribution in [0.3, 0.4) is 0 Å². The Morgan fingerprint density at radius 2 is 2.12 bits per heavy atom. The molecule has 0 aliphatic heterocycles. The van der Waals surface area contributed by atoms with Crippen LogP contribution >= 0.6 is 11.6 Å². The van der Waals surface area contributed by atoms with Crippen LogP contribution in [0.1, 0.15) is 6.92 Å². The number of nitrogens with one attached hydrogen (secondary N) is 1. The zero-order valence-corrected chi connectivity index (χ0v) is 10.2. The predicted octanol–water partition coefficient (Wildman–Crippen LogP) is 2.32. The van der Waals surface area contributed by atoms with Crippen LogP contribution in [0, 0.1) is 0 Å². The third kappa shape index (κ3) is 3.12. The molecule has 0 radical (unpaired) electrons. The first-order valence-electron chi connectivity index (χ1n) is 4.75. The summed E-state index contributed by atoms with van der Waals surface area (Å²) in [6, 6.07) is 5.02. The highest BCUT2D eigenvalue weighted by Crippen LogP contribution is 2.27. The van der Waals surface area contributed by atoms with Crippen molar-refractivity contribution in [2.75, 3.05) is 19.5 Å². The number of anilines is 1. The maximum Gasteiger partial charge on any atom is 0.253 e. The van der Waals surface area contributed by atoms with Crippen LogP contribution in [0.25, 0.3) is 0 Å². The summed E-state index contributed by atoms with van der Waals surface area (Å²) >= 11 is 5.86. The monoisotopic (exact) mass is 243 g/mol. The van der Waals surface area contributed by atoms with Gasteiger partial charge in [0, 0.05) is 18.9 Å². The number of amides is 1. The molecule has 1 aromatic rings. The first kappa shape index (κ1) is 12.8. The Balaban J connectivity index is 2.78. The molecule has 0 heterocycles. The SMILES string of the molecule is COc1cc(NC(=O)C(C)OC)ccc1Cl. The van der Waals surface area contributed by atoms with E-state index in [1.54, 1.807) is 25.1 Å². The van der Waals surface area contributed by atoms with Crippen LogP contribution in [0.5, 0.6) is 5.75 Å². The average Bonchev–Trinajstić information content (AvgIpc) is 2.30. The van der Waals surface area contributed by atoms with E-state index < -0.39 is 6.10 Å². The fourth-order valence-corrected chi connectivity index (χ4v) is 1.28. The van der Waals surface area contributed by atoms with Crippen molar-refractivity contribution in [3.05, 3.63) is 23.2 Å². The topological polar surface area (TPSA) is 47.6 Å². The van der Waals surface area contributed by atoms with Crippen molar-refractivity contribution in [2.45, 2.75) is 13.0 Å². The van der Waals surface area contributed by atoms with Gasteiger partial charge in [-0.15, -0.1) is 0 Å². The second-order valence-electron chi connectivity index (χ2n) is 3.22. The summed E-state index contributed by atoms with van der Waals surface area (Å²) in [7, 11) is 3.00. The molecule has 1 unspecified atom stereocenters. The normalized spacial score (nSPS) is 12.0. The number of methoxy groups -OCH3 is 2. The van der Waals surface area contributed by atoms with Gasteiger partial charge in [-0.25, -0.2) is 0 Å². The lowest BCUT2D eigenvalue weighted by Crippen LogP contribution is -2.26. The van der Waals surface area contributed by atoms with E-state index in [1.807, 2.05) is 0 Å². The molecule has 1 atom stereocenters. The predicted molar refractivity (Wildman–Crippen MR) is 63.1 cm³/mol. The molecule has 1 rings (SSSR count). The van der Waals surface area contributed by atoms with Crippen molar-refractivity contribution in [3.63, 3.8) is 0 Å². The van der Waals surface area contributed by atoms with Gasteiger partial charge in [0.05, 0.1) is 12.1 Å². The molecule has 0 spiro atoms. The van der Waals surface area contributed by atoms with Gasteiger partial charge in [-0.1, -0.05) is 11.6 Å². The van der Waals surface area contributed by atoms with Gasteiger partial charge in [0.1, 0.15) is 11.9 Å². The fourth-order valence-electron chi connectivity index (χ4n) is 1.09. The van der Waals surface area contributed by atoms with E-state index in [9.17, 15) is 4.79 Å². The number of ether oxygens (including phenoxy) is 2. The quantitative estimate of drug-likeness (QED) is 0.883.